The van der Waals surface area contributed by atoms with Gasteiger partial charge in [-0.05, 0) is 39.8 Å². The predicted molar refractivity (Wildman–Crippen MR) is 107 cm³/mol. The number of rotatable bonds is 3. The van der Waals surface area contributed by atoms with E-state index in [0.717, 1.165) is 22.5 Å². The highest BCUT2D eigenvalue weighted by atomic mass is 32.1. The molecule has 0 saturated carbocycles. The summed E-state index contributed by atoms with van der Waals surface area (Å²) in [5, 5.41) is 2.54. The van der Waals surface area contributed by atoms with Crippen molar-refractivity contribution in [2.75, 3.05) is 4.90 Å². The second-order valence-corrected chi connectivity index (χ2v) is 7.87. The third-order valence-corrected chi connectivity index (χ3v) is 4.45. The van der Waals surface area contributed by atoms with Crippen LogP contribution in [0, 0.1) is 6.92 Å². The predicted octanol–water partition coefficient (Wildman–Crippen LogP) is 6.19. The van der Waals surface area contributed by atoms with Crippen molar-refractivity contribution in [3.05, 3.63) is 65.5 Å². The molecule has 0 atom stereocenters. The molecule has 0 N–H and O–H groups in total. The van der Waals surface area contributed by atoms with E-state index in [2.05, 4.69) is 4.98 Å². The van der Waals surface area contributed by atoms with Crippen molar-refractivity contribution in [2.45, 2.75) is 33.3 Å². The molecule has 5 heteroatoms. The van der Waals surface area contributed by atoms with E-state index >= 15 is 0 Å². The monoisotopic (exact) mass is 366 g/mol. The molecule has 0 aliphatic rings. The summed E-state index contributed by atoms with van der Waals surface area (Å²) >= 11 is 1.42. The van der Waals surface area contributed by atoms with Crippen molar-refractivity contribution >= 4 is 28.2 Å². The van der Waals surface area contributed by atoms with E-state index in [-0.39, 0.29) is 0 Å². The average Bonchev–Trinajstić information content (AvgIpc) is 3.06. The van der Waals surface area contributed by atoms with E-state index in [1.165, 1.54) is 16.2 Å². The molecule has 0 aliphatic heterocycles. The second-order valence-electron chi connectivity index (χ2n) is 7.03. The van der Waals surface area contributed by atoms with Crippen LogP contribution in [0.1, 0.15) is 26.3 Å². The van der Waals surface area contributed by atoms with E-state index in [0.29, 0.717) is 5.13 Å². The van der Waals surface area contributed by atoms with Crippen LogP contribution < -0.4 is 4.90 Å². The number of thiazole rings is 1. The minimum atomic E-state index is -0.584. The molecule has 0 bridgehead atoms. The summed E-state index contributed by atoms with van der Waals surface area (Å²) in [5.74, 6) is 0. The molecule has 1 aromatic heterocycles. The molecular formula is C21H22N2O2S. The number of carbonyl (C=O) groups excluding carboxylic acids is 1. The van der Waals surface area contributed by atoms with E-state index in [4.69, 9.17) is 4.74 Å². The summed E-state index contributed by atoms with van der Waals surface area (Å²) in [6.45, 7) is 7.58. The Morgan fingerprint density at radius 3 is 2.31 bits per heavy atom. The maximum atomic E-state index is 12.9. The lowest BCUT2D eigenvalue weighted by atomic mass is 10.2. The largest absolute Gasteiger partial charge is 0.443 e. The number of aryl methyl sites for hydroxylation is 1. The second kappa shape index (κ2) is 7.30. The third kappa shape index (κ3) is 4.29. The third-order valence-electron chi connectivity index (χ3n) is 3.62. The minimum Gasteiger partial charge on any atom is -0.443 e. The quantitative estimate of drug-likeness (QED) is 0.555. The minimum absolute atomic E-state index is 0.435. The lowest BCUT2D eigenvalue weighted by Gasteiger charge is -2.26. The zero-order chi connectivity index (χ0) is 18.7. The molecule has 0 unspecified atom stereocenters. The van der Waals surface area contributed by atoms with Gasteiger partial charge in [-0.15, -0.1) is 11.3 Å². The molecule has 1 amide bonds. The first kappa shape index (κ1) is 18.1. The molecule has 3 rings (SSSR count). The Bertz CT molecular complexity index is 880. The summed E-state index contributed by atoms with van der Waals surface area (Å²) in [6.07, 6.45) is -0.435. The van der Waals surface area contributed by atoms with E-state index < -0.39 is 11.7 Å². The lowest BCUT2D eigenvalue weighted by Crippen LogP contribution is -2.33. The Kier molecular flexibility index (Phi) is 5.09. The lowest BCUT2D eigenvalue weighted by molar-refractivity contribution is 0.0599. The SMILES string of the molecule is Cc1ccc(N(C(=O)OC(C)(C)C)c2nc(-c3ccccc3)cs2)cc1. The van der Waals surface area contributed by atoms with Gasteiger partial charge in [0, 0.05) is 10.9 Å². The van der Waals surface area contributed by atoms with Crippen molar-refractivity contribution < 1.29 is 9.53 Å². The summed E-state index contributed by atoms with van der Waals surface area (Å²) in [5.41, 5.74) is 3.13. The van der Waals surface area contributed by atoms with E-state index in [1.807, 2.05) is 87.7 Å². The fourth-order valence-corrected chi connectivity index (χ4v) is 3.25. The molecule has 1 heterocycles. The number of hydrogen-bond donors (Lipinski definition) is 0. The van der Waals surface area contributed by atoms with Crippen LogP contribution in [-0.2, 0) is 4.74 Å². The highest BCUT2D eigenvalue weighted by Gasteiger charge is 2.27. The maximum Gasteiger partial charge on any atom is 0.421 e. The van der Waals surface area contributed by atoms with Gasteiger partial charge in [0.2, 0.25) is 0 Å². The van der Waals surface area contributed by atoms with Gasteiger partial charge in [0.1, 0.15) is 5.60 Å². The fraction of sp³-hybridized carbons (Fsp3) is 0.238. The molecule has 134 valence electrons. The van der Waals surface area contributed by atoms with Crippen LogP contribution in [-0.4, -0.2) is 16.7 Å². The highest BCUT2D eigenvalue weighted by molar-refractivity contribution is 7.14. The molecule has 0 fully saturated rings. The van der Waals surface area contributed by atoms with Gasteiger partial charge in [-0.25, -0.2) is 14.7 Å². The van der Waals surface area contributed by atoms with Crippen LogP contribution in [0.2, 0.25) is 0 Å². The van der Waals surface area contributed by atoms with Gasteiger partial charge < -0.3 is 4.74 Å². The van der Waals surface area contributed by atoms with Gasteiger partial charge in [-0.3, -0.25) is 0 Å². The van der Waals surface area contributed by atoms with Crippen molar-refractivity contribution in [2.24, 2.45) is 0 Å². The average molecular weight is 366 g/mol. The molecule has 0 aliphatic carbocycles. The van der Waals surface area contributed by atoms with Gasteiger partial charge in [0.15, 0.2) is 5.13 Å². The van der Waals surface area contributed by atoms with Crippen LogP contribution >= 0.6 is 11.3 Å². The van der Waals surface area contributed by atoms with Gasteiger partial charge >= 0.3 is 6.09 Å². The van der Waals surface area contributed by atoms with Gasteiger partial charge in [0.25, 0.3) is 0 Å². The zero-order valence-corrected chi connectivity index (χ0v) is 16.2. The fourth-order valence-electron chi connectivity index (χ4n) is 2.40. The Labute approximate surface area is 158 Å². The molecular weight excluding hydrogens is 344 g/mol. The van der Waals surface area contributed by atoms with Crippen LogP contribution in [0.25, 0.3) is 11.3 Å². The summed E-state index contributed by atoms with van der Waals surface area (Å²) < 4.78 is 5.61. The first-order valence-electron chi connectivity index (χ1n) is 8.44. The molecule has 26 heavy (non-hydrogen) atoms. The first-order valence-corrected chi connectivity index (χ1v) is 9.32. The number of ether oxygens (including phenoxy) is 1. The standard InChI is InChI=1S/C21H22N2O2S/c1-15-10-12-17(13-11-15)23(20(24)25-21(2,3)4)19-22-18(14-26-19)16-8-6-5-7-9-16/h5-14H,1-4H3. The number of anilines is 2. The van der Waals surface area contributed by atoms with Crippen LogP contribution in [0.15, 0.2) is 60.0 Å². The molecule has 3 aromatic rings. The summed E-state index contributed by atoms with van der Waals surface area (Å²) in [4.78, 5) is 19.1. The van der Waals surface area contributed by atoms with Crippen molar-refractivity contribution in [3.8, 4) is 11.3 Å². The number of amides is 1. The zero-order valence-electron chi connectivity index (χ0n) is 15.4. The van der Waals surface area contributed by atoms with E-state index in [1.54, 1.807) is 0 Å². The van der Waals surface area contributed by atoms with Crippen LogP contribution in [0.4, 0.5) is 15.6 Å². The van der Waals surface area contributed by atoms with E-state index in [9.17, 15) is 4.79 Å². The number of nitrogens with zero attached hydrogens (tertiary/aromatic N) is 2. The van der Waals surface area contributed by atoms with Gasteiger partial charge in [-0.2, -0.15) is 0 Å². The Hall–Kier alpha value is -2.66. The number of hydrogen-bond acceptors (Lipinski definition) is 4. The Balaban J connectivity index is 1.99. The summed E-state index contributed by atoms with van der Waals surface area (Å²) in [6, 6.07) is 17.7. The number of aromatic nitrogens is 1. The van der Waals surface area contributed by atoms with Crippen LogP contribution in [0.5, 0.6) is 0 Å². The van der Waals surface area contributed by atoms with Crippen molar-refractivity contribution in [1.82, 2.24) is 4.98 Å². The molecule has 0 saturated heterocycles. The molecule has 0 spiro atoms. The maximum absolute atomic E-state index is 12.9. The highest BCUT2D eigenvalue weighted by Crippen LogP contribution is 2.33. The molecule has 0 radical (unpaired) electrons. The topological polar surface area (TPSA) is 42.4 Å². The number of benzene rings is 2. The summed E-state index contributed by atoms with van der Waals surface area (Å²) in [7, 11) is 0. The van der Waals surface area contributed by atoms with Gasteiger partial charge in [0.05, 0.1) is 11.4 Å². The van der Waals surface area contributed by atoms with Crippen molar-refractivity contribution in [1.29, 1.82) is 0 Å². The Morgan fingerprint density at radius 1 is 1.04 bits per heavy atom. The normalized spacial score (nSPS) is 11.2. The Morgan fingerprint density at radius 2 is 1.69 bits per heavy atom. The first-order chi connectivity index (χ1) is 12.3. The molecule has 4 nitrogen and oxygen atoms in total. The number of carbonyl (C=O) groups is 1. The van der Waals surface area contributed by atoms with Crippen molar-refractivity contribution in [3.63, 3.8) is 0 Å². The molecule has 2 aromatic carbocycles. The van der Waals surface area contributed by atoms with Crippen LogP contribution in [0.3, 0.4) is 0 Å². The van der Waals surface area contributed by atoms with Gasteiger partial charge in [-0.1, -0.05) is 48.0 Å². The smallest absolute Gasteiger partial charge is 0.421 e.